The summed E-state index contributed by atoms with van der Waals surface area (Å²) in [7, 11) is 3.17. The van der Waals surface area contributed by atoms with Crippen molar-refractivity contribution in [1.29, 1.82) is 0 Å². The van der Waals surface area contributed by atoms with E-state index in [4.69, 9.17) is 15.2 Å². The molecule has 0 bridgehead atoms. The van der Waals surface area contributed by atoms with E-state index in [-0.39, 0.29) is 6.54 Å². The van der Waals surface area contributed by atoms with Crippen molar-refractivity contribution in [2.45, 2.75) is 6.54 Å². The maximum absolute atomic E-state index is 5.56. The molecule has 1 aromatic heterocycles. The summed E-state index contributed by atoms with van der Waals surface area (Å²) in [4.78, 5) is 0. The van der Waals surface area contributed by atoms with E-state index in [0.717, 1.165) is 0 Å². The molecule has 7 heteroatoms. The Morgan fingerprint density at radius 2 is 2.12 bits per heavy atom. The van der Waals surface area contributed by atoms with Gasteiger partial charge in [-0.25, -0.2) is 0 Å². The van der Waals surface area contributed by atoms with Crippen LogP contribution in [0.15, 0.2) is 18.2 Å². The maximum atomic E-state index is 5.56. The standard InChI is InChI=1S/C10H13N5O2/c1-16-7-3-4-9(17-2)8(5-7)15-10(6-11)12-13-14-15/h3-5H,6,11H2,1-2H3. The fourth-order valence-electron chi connectivity index (χ4n) is 1.48. The Labute approximate surface area is 98.1 Å². The molecule has 0 aliphatic carbocycles. The van der Waals surface area contributed by atoms with E-state index in [1.807, 2.05) is 0 Å². The summed E-state index contributed by atoms with van der Waals surface area (Å²) in [5.74, 6) is 1.89. The number of ether oxygens (including phenoxy) is 2. The minimum absolute atomic E-state index is 0.243. The van der Waals surface area contributed by atoms with Crippen molar-refractivity contribution in [2.24, 2.45) is 5.73 Å². The van der Waals surface area contributed by atoms with Crippen molar-refractivity contribution >= 4 is 0 Å². The Morgan fingerprint density at radius 3 is 2.76 bits per heavy atom. The van der Waals surface area contributed by atoms with Crippen LogP contribution >= 0.6 is 0 Å². The molecule has 2 N–H and O–H groups in total. The highest BCUT2D eigenvalue weighted by Gasteiger charge is 2.12. The average Bonchev–Trinajstić information content (AvgIpc) is 2.86. The molecule has 0 fully saturated rings. The smallest absolute Gasteiger partial charge is 0.170 e. The summed E-state index contributed by atoms with van der Waals surface area (Å²) in [6, 6.07) is 5.37. The number of nitrogens with zero attached hydrogens (tertiary/aromatic N) is 4. The lowest BCUT2D eigenvalue weighted by Crippen LogP contribution is -2.09. The van der Waals surface area contributed by atoms with Gasteiger partial charge in [-0.05, 0) is 22.6 Å². The van der Waals surface area contributed by atoms with Crippen LogP contribution in [0.25, 0.3) is 5.69 Å². The molecular weight excluding hydrogens is 222 g/mol. The molecule has 0 saturated carbocycles. The van der Waals surface area contributed by atoms with Crippen LogP contribution in [0.4, 0.5) is 0 Å². The Hall–Kier alpha value is -2.15. The number of nitrogens with two attached hydrogens (primary N) is 1. The van der Waals surface area contributed by atoms with E-state index in [1.54, 1.807) is 32.4 Å². The Kier molecular flexibility index (Phi) is 3.20. The molecule has 0 amide bonds. The molecule has 1 heterocycles. The minimum atomic E-state index is 0.243. The molecule has 0 radical (unpaired) electrons. The molecule has 2 rings (SSSR count). The number of hydrogen-bond acceptors (Lipinski definition) is 6. The predicted octanol–water partition coefficient (Wildman–Crippen LogP) is 0.138. The number of methoxy groups -OCH3 is 2. The van der Waals surface area contributed by atoms with Crippen molar-refractivity contribution in [3.05, 3.63) is 24.0 Å². The van der Waals surface area contributed by atoms with Gasteiger partial charge in [0.15, 0.2) is 5.82 Å². The van der Waals surface area contributed by atoms with Crippen molar-refractivity contribution in [1.82, 2.24) is 20.2 Å². The number of aromatic nitrogens is 4. The van der Waals surface area contributed by atoms with Crippen LogP contribution in [-0.2, 0) is 6.54 Å². The molecule has 0 atom stereocenters. The molecule has 17 heavy (non-hydrogen) atoms. The van der Waals surface area contributed by atoms with Gasteiger partial charge >= 0.3 is 0 Å². The lowest BCUT2D eigenvalue weighted by Gasteiger charge is -2.10. The normalized spacial score (nSPS) is 10.3. The van der Waals surface area contributed by atoms with Crippen molar-refractivity contribution < 1.29 is 9.47 Å². The van der Waals surface area contributed by atoms with Gasteiger partial charge < -0.3 is 15.2 Å². The topological polar surface area (TPSA) is 88.1 Å². The van der Waals surface area contributed by atoms with Crippen LogP contribution in [0, 0.1) is 0 Å². The van der Waals surface area contributed by atoms with Crippen LogP contribution in [-0.4, -0.2) is 34.4 Å². The van der Waals surface area contributed by atoms with E-state index in [1.165, 1.54) is 4.68 Å². The van der Waals surface area contributed by atoms with Crippen LogP contribution in [0.5, 0.6) is 11.5 Å². The first-order valence-electron chi connectivity index (χ1n) is 5.00. The largest absolute Gasteiger partial charge is 0.497 e. The zero-order chi connectivity index (χ0) is 12.3. The fourth-order valence-corrected chi connectivity index (χ4v) is 1.48. The second-order valence-electron chi connectivity index (χ2n) is 3.25. The van der Waals surface area contributed by atoms with Gasteiger partial charge in [0.05, 0.1) is 20.8 Å². The fraction of sp³-hybridized carbons (Fsp3) is 0.300. The van der Waals surface area contributed by atoms with Gasteiger partial charge in [-0.15, -0.1) is 5.10 Å². The Bertz CT molecular complexity index is 511. The second-order valence-corrected chi connectivity index (χ2v) is 3.25. The molecule has 0 spiro atoms. The van der Waals surface area contributed by atoms with E-state index in [2.05, 4.69) is 15.5 Å². The van der Waals surface area contributed by atoms with Crippen LogP contribution in [0.1, 0.15) is 5.82 Å². The third-order valence-corrected chi connectivity index (χ3v) is 2.33. The van der Waals surface area contributed by atoms with Crippen LogP contribution in [0.2, 0.25) is 0 Å². The zero-order valence-electron chi connectivity index (χ0n) is 9.62. The highest BCUT2D eigenvalue weighted by atomic mass is 16.5. The van der Waals surface area contributed by atoms with Crippen LogP contribution < -0.4 is 15.2 Å². The predicted molar refractivity (Wildman–Crippen MR) is 60.1 cm³/mol. The first kappa shape index (κ1) is 11.3. The summed E-state index contributed by atoms with van der Waals surface area (Å²) < 4.78 is 11.9. The third-order valence-electron chi connectivity index (χ3n) is 2.33. The minimum Gasteiger partial charge on any atom is -0.497 e. The molecule has 7 nitrogen and oxygen atoms in total. The van der Waals surface area contributed by atoms with Gasteiger partial charge in [0.1, 0.15) is 17.2 Å². The lowest BCUT2D eigenvalue weighted by atomic mass is 10.2. The lowest BCUT2D eigenvalue weighted by molar-refractivity contribution is 0.400. The van der Waals surface area contributed by atoms with Crippen molar-refractivity contribution in [2.75, 3.05) is 14.2 Å². The monoisotopic (exact) mass is 235 g/mol. The van der Waals surface area contributed by atoms with E-state index in [9.17, 15) is 0 Å². The molecule has 2 aromatic rings. The van der Waals surface area contributed by atoms with Crippen molar-refractivity contribution in [3.8, 4) is 17.2 Å². The molecule has 0 aliphatic rings. The molecule has 1 aromatic carbocycles. The van der Waals surface area contributed by atoms with Gasteiger partial charge in [0, 0.05) is 6.07 Å². The van der Waals surface area contributed by atoms with Crippen LogP contribution in [0.3, 0.4) is 0 Å². The molecule has 0 aliphatic heterocycles. The average molecular weight is 235 g/mol. The maximum Gasteiger partial charge on any atom is 0.170 e. The third kappa shape index (κ3) is 2.04. The summed E-state index contributed by atoms with van der Waals surface area (Å²) in [6.45, 7) is 0.243. The molecule has 90 valence electrons. The zero-order valence-corrected chi connectivity index (χ0v) is 9.62. The quantitative estimate of drug-likeness (QED) is 0.810. The van der Waals surface area contributed by atoms with Gasteiger partial charge in [-0.3, -0.25) is 0 Å². The van der Waals surface area contributed by atoms with E-state index >= 15 is 0 Å². The SMILES string of the molecule is COc1ccc(OC)c(-n2nnnc2CN)c1. The molecule has 0 unspecified atom stereocenters. The molecular formula is C10H13N5O2. The van der Waals surface area contributed by atoms with Gasteiger partial charge in [-0.2, -0.15) is 4.68 Å². The highest BCUT2D eigenvalue weighted by Crippen LogP contribution is 2.27. The number of hydrogen-bond donors (Lipinski definition) is 1. The summed E-state index contributed by atoms with van der Waals surface area (Å²) in [5.41, 5.74) is 6.25. The van der Waals surface area contributed by atoms with Crippen molar-refractivity contribution in [3.63, 3.8) is 0 Å². The van der Waals surface area contributed by atoms with E-state index in [0.29, 0.717) is 23.0 Å². The number of benzene rings is 1. The first-order chi connectivity index (χ1) is 8.30. The van der Waals surface area contributed by atoms with Gasteiger partial charge in [0.2, 0.25) is 0 Å². The summed E-state index contributed by atoms with van der Waals surface area (Å²) in [5, 5.41) is 11.3. The number of tetrazole rings is 1. The first-order valence-corrected chi connectivity index (χ1v) is 5.00. The Morgan fingerprint density at radius 1 is 1.29 bits per heavy atom. The number of rotatable bonds is 4. The molecule has 0 saturated heterocycles. The van der Waals surface area contributed by atoms with Gasteiger partial charge in [-0.1, -0.05) is 0 Å². The van der Waals surface area contributed by atoms with Gasteiger partial charge in [0.25, 0.3) is 0 Å². The Balaban J connectivity index is 2.56. The van der Waals surface area contributed by atoms with E-state index < -0.39 is 0 Å². The summed E-state index contributed by atoms with van der Waals surface area (Å²) in [6.07, 6.45) is 0. The second kappa shape index (κ2) is 4.79. The summed E-state index contributed by atoms with van der Waals surface area (Å²) >= 11 is 0. The highest BCUT2D eigenvalue weighted by molar-refractivity contribution is 5.50.